The molecule has 21 heavy (non-hydrogen) atoms. The van der Waals surface area contributed by atoms with Gasteiger partial charge in [-0.05, 0) is 24.8 Å². The number of carboxylic acid groups (broad SMARTS) is 1. The highest BCUT2D eigenvalue weighted by atomic mass is 16.4. The minimum Gasteiger partial charge on any atom is -0.478 e. The third kappa shape index (κ3) is 4.01. The van der Waals surface area contributed by atoms with Gasteiger partial charge in [0.25, 0.3) is 0 Å². The molecule has 112 valence electrons. The van der Waals surface area contributed by atoms with Gasteiger partial charge in [0.05, 0.1) is 0 Å². The van der Waals surface area contributed by atoms with Crippen molar-refractivity contribution in [2.45, 2.75) is 12.8 Å². The van der Waals surface area contributed by atoms with E-state index in [0.29, 0.717) is 5.56 Å². The molecule has 0 atom stereocenters. The van der Waals surface area contributed by atoms with Crippen molar-refractivity contribution in [3.8, 4) is 0 Å². The zero-order valence-corrected chi connectivity index (χ0v) is 12.0. The van der Waals surface area contributed by atoms with Crippen LogP contribution in [0.5, 0.6) is 0 Å². The summed E-state index contributed by atoms with van der Waals surface area (Å²) in [7, 11) is 0. The van der Waals surface area contributed by atoms with E-state index in [4.69, 9.17) is 5.11 Å². The van der Waals surface area contributed by atoms with E-state index < -0.39 is 5.97 Å². The zero-order chi connectivity index (χ0) is 14.7. The summed E-state index contributed by atoms with van der Waals surface area (Å²) in [6, 6.07) is 0. The molecule has 0 aromatic carbocycles. The Morgan fingerprint density at radius 3 is 2.48 bits per heavy atom. The summed E-state index contributed by atoms with van der Waals surface area (Å²) in [6.45, 7) is 5.29. The first kappa shape index (κ1) is 14.0. The maximum Gasteiger partial charge on any atom is 0.328 e. The topological polar surface area (TPSA) is 69.6 Å². The third-order valence-electron chi connectivity index (χ3n) is 3.94. The van der Waals surface area contributed by atoms with Crippen LogP contribution in [0, 0.1) is 5.92 Å². The van der Waals surface area contributed by atoms with Crippen molar-refractivity contribution in [3.63, 3.8) is 0 Å². The summed E-state index contributed by atoms with van der Waals surface area (Å²) in [5.41, 5.74) is 0.702. The Morgan fingerprint density at radius 1 is 1.24 bits per heavy atom. The molecule has 1 saturated heterocycles. The average Bonchev–Trinajstić information content (AvgIpc) is 3.30. The van der Waals surface area contributed by atoms with Crippen LogP contribution in [0.2, 0.25) is 0 Å². The van der Waals surface area contributed by atoms with Crippen molar-refractivity contribution in [2.24, 2.45) is 5.92 Å². The predicted molar refractivity (Wildman–Crippen MR) is 80.1 cm³/mol. The van der Waals surface area contributed by atoms with E-state index in [2.05, 4.69) is 19.8 Å². The number of carbonyl (C=O) groups is 1. The Hall–Kier alpha value is -1.95. The van der Waals surface area contributed by atoms with Gasteiger partial charge in [-0.3, -0.25) is 4.90 Å². The second-order valence-electron chi connectivity index (χ2n) is 5.72. The molecule has 0 unspecified atom stereocenters. The molecule has 2 heterocycles. The maximum atomic E-state index is 10.5. The summed E-state index contributed by atoms with van der Waals surface area (Å²) >= 11 is 0. The monoisotopic (exact) mass is 288 g/mol. The molecule has 2 fully saturated rings. The third-order valence-corrected chi connectivity index (χ3v) is 3.94. The molecule has 0 spiro atoms. The first-order valence-corrected chi connectivity index (χ1v) is 7.41. The number of aromatic nitrogens is 2. The fourth-order valence-corrected chi connectivity index (χ4v) is 2.54. The van der Waals surface area contributed by atoms with Crippen molar-refractivity contribution in [2.75, 3.05) is 37.6 Å². The lowest BCUT2D eigenvalue weighted by Gasteiger charge is -2.34. The zero-order valence-electron chi connectivity index (χ0n) is 12.0. The number of hydrogen-bond donors (Lipinski definition) is 1. The van der Waals surface area contributed by atoms with E-state index in [1.54, 1.807) is 12.4 Å². The lowest BCUT2D eigenvalue weighted by Crippen LogP contribution is -2.47. The van der Waals surface area contributed by atoms with Crippen LogP contribution in [0.4, 0.5) is 5.95 Å². The van der Waals surface area contributed by atoms with Gasteiger partial charge in [-0.2, -0.15) is 0 Å². The highest BCUT2D eigenvalue weighted by Crippen LogP contribution is 2.30. The first-order chi connectivity index (χ1) is 10.2. The fourth-order valence-electron chi connectivity index (χ4n) is 2.54. The molecule has 0 bridgehead atoms. The van der Waals surface area contributed by atoms with Gasteiger partial charge in [-0.15, -0.1) is 0 Å². The minimum absolute atomic E-state index is 0.702. The SMILES string of the molecule is O=C(O)/C=C/c1cnc(N2CCN(CC3CC3)CC2)nc1. The van der Waals surface area contributed by atoms with Gasteiger partial charge >= 0.3 is 5.97 Å². The van der Waals surface area contributed by atoms with Crippen LogP contribution in [0.25, 0.3) is 6.08 Å². The van der Waals surface area contributed by atoms with Gasteiger partial charge in [0.15, 0.2) is 0 Å². The van der Waals surface area contributed by atoms with Gasteiger partial charge in [0.1, 0.15) is 0 Å². The van der Waals surface area contributed by atoms with Crippen molar-refractivity contribution in [3.05, 3.63) is 24.0 Å². The Labute approximate surface area is 124 Å². The first-order valence-electron chi connectivity index (χ1n) is 7.41. The van der Waals surface area contributed by atoms with E-state index >= 15 is 0 Å². The number of anilines is 1. The molecule has 0 radical (unpaired) electrons. The number of carboxylic acids is 1. The van der Waals surface area contributed by atoms with E-state index in [0.717, 1.165) is 44.1 Å². The smallest absolute Gasteiger partial charge is 0.328 e. The fraction of sp³-hybridized carbons (Fsp3) is 0.533. The van der Waals surface area contributed by atoms with Crippen molar-refractivity contribution in [1.29, 1.82) is 0 Å². The van der Waals surface area contributed by atoms with Gasteiger partial charge < -0.3 is 10.0 Å². The van der Waals surface area contributed by atoms with Crippen LogP contribution in [-0.4, -0.2) is 58.7 Å². The molecule has 1 aromatic heterocycles. The number of rotatable bonds is 5. The largest absolute Gasteiger partial charge is 0.478 e. The summed E-state index contributed by atoms with van der Waals surface area (Å²) in [5.74, 6) is 0.701. The molecular formula is C15H20N4O2. The van der Waals surface area contributed by atoms with Crippen LogP contribution in [0.15, 0.2) is 18.5 Å². The average molecular weight is 288 g/mol. The number of nitrogens with zero attached hydrogens (tertiary/aromatic N) is 4. The van der Waals surface area contributed by atoms with Gasteiger partial charge in [0, 0.05) is 56.8 Å². The Balaban J connectivity index is 1.53. The van der Waals surface area contributed by atoms with Gasteiger partial charge in [-0.1, -0.05) is 0 Å². The standard InChI is InChI=1S/C15H20N4O2/c20-14(21)4-3-13-9-16-15(17-10-13)19-7-5-18(6-8-19)11-12-1-2-12/h3-4,9-10,12H,1-2,5-8,11H2,(H,20,21)/b4-3+. The number of aliphatic carboxylic acids is 1. The van der Waals surface area contributed by atoms with Crippen LogP contribution in [-0.2, 0) is 4.79 Å². The highest BCUT2D eigenvalue weighted by Gasteiger charge is 2.26. The summed E-state index contributed by atoms with van der Waals surface area (Å²) in [4.78, 5) is 23.8. The summed E-state index contributed by atoms with van der Waals surface area (Å²) < 4.78 is 0. The summed E-state index contributed by atoms with van der Waals surface area (Å²) in [5, 5.41) is 8.58. The number of piperazine rings is 1. The molecule has 3 rings (SSSR count). The van der Waals surface area contributed by atoms with Gasteiger partial charge in [-0.25, -0.2) is 14.8 Å². The lowest BCUT2D eigenvalue weighted by atomic mass is 10.3. The molecule has 6 nitrogen and oxygen atoms in total. The van der Waals surface area contributed by atoms with Crippen molar-refractivity contribution >= 4 is 18.0 Å². The van der Waals surface area contributed by atoms with Crippen LogP contribution >= 0.6 is 0 Å². The van der Waals surface area contributed by atoms with E-state index in [1.165, 1.54) is 25.5 Å². The summed E-state index contributed by atoms with van der Waals surface area (Å²) in [6.07, 6.45) is 8.72. The molecular weight excluding hydrogens is 268 g/mol. The Morgan fingerprint density at radius 2 is 1.90 bits per heavy atom. The molecule has 6 heteroatoms. The second kappa shape index (κ2) is 6.22. The van der Waals surface area contributed by atoms with Crippen LogP contribution in [0.1, 0.15) is 18.4 Å². The van der Waals surface area contributed by atoms with Crippen molar-refractivity contribution < 1.29 is 9.90 Å². The Kier molecular flexibility index (Phi) is 4.15. The van der Waals surface area contributed by atoms with Crippen LogP contribution < -0.4 is 4.90 Å². The Bertz CT molecular complexity index is 517. The highest BCUT2D eigenvalue weighted by molar-refractivity contribution is 5.85. The van der Waals surface area contributed by atoms with E-state index in [1.807, 2.05) is 0 Å². The molecule has 1 N–H and O–H groups in total. The quantitative estimate of drug-likeness (QED) is 0.818. The molecule has 1 aromatic rings. The van der Waals surface area contributed by atoms with E-state index in [-0.39, 0.29) is 0 Å². The number of hydrogen-bond acceptors (Lipinski definition) is 5. The minimum atomic E-state index is -0.967. The van der Waals surface area contributed by atoms with Gasteiger partial charge in [0.2, 0.25) is 5.95 Å². The normalized spacial score (nSPS) is 20.1. The van der Waals surface area contributed by atoms with Crippen LogP contribution in [0.3, 0.4) is 0 Å². The van der Waals surface area contributed by atoms with E-state index in [9.17, 15) is 4.79 Å². The molecule has 2 aliphatic rings. The van der Waals surface area contributed by atoms with Crippen molar-refractivity contribution in [1.82, 2.24) is 14.9 Å². The molecule has 1 aliphatic heterocycles. The molecule has 1 saturated carbocycles. The molecule has 0 amide bonds. The lowest BCUT2D eigenvalue weighted by molar-refractivity contribution is -0.131. The maximum absolute atomic E-state index is 10.5. The molecule has 1 aliphatic carbocycles. The predicted octanol–water partition coefficient (Wildman–Crippen LogP) is 1.11. The second-order valence-corrected chi connectivity index (χ2v) is 5.72.